The smallest absolute Gasteiger partial charge is 0.417 e. The van der Waals surface area contributed by atoms with Gasteiger partial charge in [0, 0.05) is 4.47 Å². The fourth-order valence-electron chi connectivity index (χ4n) is 0.886. The minimum Gasteiger partial charge on any atom is -0.468 e. The van der Waals surface area contributed by atoms with Crippen molar-refractivity contribution in [2.75, 3.05) is 6.79 Å². The lowest BCUT2D eigenvalue weighted by atomic mass is 10.2. The summed E-state index contributed by atoms with van der Waals surface area (Å²) in [5.41, 5.74) is -0.830. The lowest BCUT2D eigenvalue weighted by Crippen LogP contribution is -2.06. The molecule has 0 heterocycles. The van der Waals surface area contributed by atoms with E-state index in [1.165, 1.54) is 12.1 Å². The number of halogens is 4. The average Bonchev–Trinajstić information content (AvgIpc) is 2.07. The highest BCUT2D eigenvalue weighted by Gasteiger charge is 2.33. The van der Waals surface area contributed by atoms with Gasteiger partial charge in [-0.3, -0.25) is 0 Å². The molecule has 0 bridgehead atoms. The molecule has 0 fully saturated rings. The van der Waals surface area contributed by atoms with E-state index in [1.54, 1.807) is 0 Å². The molecule has 0 amide bonds. The van der Waals surface area contributed by atoms with Gasteiger partial charge in [0.25, 0.3) is 0 Å². The molecular formula is C8H6BrF3O2. The van der Waals surface area contributed by atoms with Crippen molar-refractivity contribution >= 4 is 15.9 Å². The highest BCUT2D eigenvalue weighted by Crippen LogP contribution is 2.36. The van der Waals surface area contributed by atoms with E-state index in [0.717, 1.165) is 6.07 Å². The predicted octanol–water partition coefficient (Wildman–Crippen LogP) is 2.80. The summed E-state index contributed by atoms with van der Waals surface area (Å²) in [6.07, 6.45) is -4.44. The number of hydrogen-bond donors (Lipinski definition) is 1. The number of aliphatic hydroxyl groups is 1. The van der Waals surface area contributed by atoms with Crippen LogP contribution in [0.1, 0.15) is 5.56 Å². The fourth-order valence-corrected chi connectivity index (χ4v) is 1.36. The molecule has 0 saturated heterocycles. The monoisotopic (exact) mass is 270 g/mol. The van der Waals surface area contributed by atoms with Gasteiger partial charge in [0.15, 0.2) is 6.79 Å². The molecular weight excluding hydrogens is 265 g/mol. The molecule has 1 rings (SSSR count). The zero-order valence-electron chi connectivity index (χ0n) is 6.81. The normalized spacial score (nSPS) is 11.5. The maximum atomic E-state index is 12.3. The minimum atomic E-state index is -4.44. The van der Waals surface area contributed by atoms with Crippen molar-refractivity contribution in [3.8, 4) is 5.75 Å². The SMILES string of the molecule is OCOc1ccc(Br)c(C(F)(F)F)c1. The van der Waals surface area contributed by atoms with Crippen LogP contribution in [-0.4, -0.2) is 11.9 Å². The maximum absolute atomic E-state index is 12.3. The molecule has 0 aliphatic heterocycles. The Morgan fingerprint density at radius 1 is 1.36 bits per heavy atom. The Morgan fingerprint density at radius 3 is 2.50 bits per heavy atom. The van der Waals surface area contributed by atoms with Crippen LogP contribution in [0.4, 0.5) is 13.2 Å². The van der Waals surface area contributed by atoms with Gasteiger partial charge in [0.2, 0.25) is 0 Å². The summed E-state index contributed by atoms with van der Waals surface area (Å²) in [5.74, 6) is -0.0250. The van der Waals surface area contributed by atoms with Gasteiger partial charge in [-0.25, -0.2) is 0 Å². The van der Waals surface area contributed by atoms with Gasteiger partial charge in [-0.05, 0) is 18.2 Å². The third-order valence-corrected chi connectivity index (χ3v) is 2.17. The molecule has 0 aliphatic rings. The molecule has 0 atom stereocenters. The summed E-state index contributed by atoms with van der Waals surface area (Å²) in [7, 11) is 0. The number of ether oxygens (including phenoxy) is 1. The summed E-state index contributed by atoms with van der Waals surface area (Å²) < 4.78 is 41.4. The zero-order chi connectivity index (χ0) is 10.8. The van der Waals surface area contributed by atoms with E-state index in [0.29, 0.717) is 0 Å². The summed E-state index contributed by atoms with van der Waals surface area (Å²) >= 11 is 2.78. The molecule has 0 saturated carbocycles. The van der Waals surface area contributed by atoms with Gasteiger partial charge in [-0.1, -0.05) is 15.9 Å². The maximum Gasteiger partial charge on any atom is 0.417 e. The number of hydrogen-bond acceptors (Lipinski definition) is 2. The first-order chi connectivity index (χ1) is 6.45. The molecule has 2 nitrogen and oxygen atoms in total. The van der Waals surface area contributed by atoms with Crippen LogP contribution in [0.15, 0.2) is 22.7 Å². The Bertz CT molecular complexity index is 325. The Balaban J connectivity index is 3.09. The quantitative estimate of drug-likeness (QED) is 0.838. The number of rotatable bonds is 2. The molecule has 0 unspecified atom stereocenters. The molecule has 6 heteroatoms. The van der Waals surface area contributed by atoms with Crippen LogP contribution in [-0.2, 0) is 6.18 Å². The molecule has 14 heavy (non-hydrogen) atoms. The van der Waals surface area contributed by atoms with E-state index < -0.39 is 18.5 Å². The molecule has 0 aliphatic carbocycles. The summed E-state index contributed by atoms with van der Waals surface area (Å²) in [4.78, 5) is 0. The average molecular weight is 271 g/mol. The first-order valence-corrected chi connectivity index (χ1v) is 4.35. The summed E-state index contributed by atoms with van der Waals surface area (Å²) in [5, 5.41) is 8.37. The van der Waals surface area contributed by atoms with E-state index in [-0.39, 0.29) is 10.2 Å². The molecule has 1 aromatic carbocycles. The van der Waals surface area contributed by atoms with E-state index in [4.69, 9.17) is 5.11 Å². The number of aliphatic hydroxyl groups excluding tert-OH is 1. The van der Waals surface area contributed by atoms with Crippen molar-refractivity contribution in [3.05, 3.63) is 28.2 Å². The van der Waals surface area contributed by atoms with Crippen molar-refractivity contribution in [1.82, 2.24) is 0 Å². The second kappa shape index (κ2) is 4.18. The van der Waals surface area contributed by atoms with Gasteiger partial charge in [0.05, 0.1) is 5.56 Å². The predicted molar refractivity (Wildman–Crippen MR) is 46.9 cm³/mol. The van der Waals surface area contributed by atoms with Crippen molar-refractivity contribution in [1.29, 1.82) is 0 Å². The van der Waals surface area contributed by atoms with Crippen molar-refractivity contribution in [3.63, 3.8) is 0 Å². The third kappa shape index (κ3) is 2.62. The first-order valence-electron chi connectivity index (χ1n) is 3.55. The van der Waals surface area contributed by atoms with Crippen LogP contribution in [0.2, 0.25) is 0 Å². The van der Waals surface area contributed by atoms with Crippen LogP contribution >= 0.6 is 15.9 Å². The second-order valence-corrected chi connectivity index (χ2v) is 3.27. The fraction of sp³-hybridized carbons (Fsp3) is 0.250. The Morgan fingerprint density at radius 2 is 2.00 bits per heavy atom. The van der Waals surface area contributed by atoms with Crippen LogP contribution in [0.5, 0.6) is 5.75 Å². The molecule has 1 aromatic rings. The van der Waals surface area contributed by atoms with E-state index in [2.05, 4.69) is 20.7 Å². The van der Waals surface area contributed by atoms with Gasteiger partial charge in [-0.15, -0.1) is 0 Å². The van der Waals surface area contributed by atoms with Crippen LogP contribution in [0, 0.1) is 0 Å². The Kier molecular flexibility index (Phi) is 3.38. The number of benzene rings is 1. The van der Waals surface area contributed by atoms with Crippen LogP contribution in [0.25, 0.3) is 0 Å². The lowest BCUT2D eigenvalue weighted by molar-refractivity contribution is -0.138. The highest BCUT2D eigenvalue weighted by molar-refractivity contribution is 9.10. The van der Waals surface area contributed by atoms with E-state index in [9.17, 15) is 13.2 Å². The molecule has 0 aromatic heterocycles. The van der Waals surface area contributed by atoms with Crippen molar-refractivity contribution in [2.24, 2.45) is 0 Å². The van der Waals surface area contributed by atoms with Crippen molar-refractivity contribution in [2.45, 2.75) is 6.18 Å². The third-order valence-electron chi connectivity index (χ3n) is 1.47. The first kappa shape index (κ1) is 11.3. The summed E-state index contributed by atoms with van der Waals surface area (Å²) in [6.45, 7) is -0.654. The Labute approximate surface area is 86.4 Å². The molecule has 0 radical (unpaired) electrons. The van der Waals surface area contributed by atoms with Crippen LogP contribution < -0.4 is 4.74 Å². The van der Waals surface area contributed by atoms with Crippen LogP contribution in [0.3, 0.4) is 0 Å². The van der Waals surface area contributed by atoms with Crippen molar-refractivity contribution < 1.29 is 23.0 Å². The standard InChI is InChI=1S/C8H6BrF3O2/c9-7-2-1-5(14-4-13)3-6(7)8(10,11)12/h1-3,13H,4H2. The van der Waals surface area contributed by atoms with E-state index in [1.807, 2.05) is 0 Å². The van der Waals surface area contributed by atoms with Gasteiger partial charge < -0.3 is 9.84 Å². The van der Waals surface area contributed by atoms with Gasteiger partial charge in [-0.2, -0.15) is 13.2 Å². The van der Waals surface area contributed by atoms with Gasteiger partial charge in [0.1, 0.15) is 5.75 Å². The lowest BCUT2D eigenvalue weighted by Gasteiger charge is -2.10. The number of alkyl halides is 3. The van der Waals surface area contributed by atoms with Gasteiger partial charge >= 0.3 is 6.18 Å². The topological polar surface area (TPSA) is 29.5 Å². The molecule has 0 spiro atoms. The molecule has 1 N–H and O–H groups in total. The largest absolute Gasteiger partial charge is 0.468 e. The molecule has 78 valence electrons. The Hall–Kier alpha value is -0.750. The minimum absolute atomic E-state index is 0.0250. The van der Waals surface area contributed by atoms with E-state index >= 15 is 0 Å². The second-order valence-electron chi connectivity index (χ2n) is 2.41. The summed E-state index contributed by atoms with van der Waals surface area (Å²) in [6, 6.07) is 3.36. The zero-order valence-corrected chi connectivity index (χ0v) is 8.39. The highest BCUT2D eigenvalue weighted by atomic mass is 79.9.